The van der Waals surface area contributed by atoms with Crippen molar-refractivity contribution in [3.05, 3.63) is 28.9 Å². The second kappa shape index (κ2) is 7.14. The molecule has 132 valence electrons. The molecular formula is C16H18BrN5O3. The smallest absolute Gasteiger partial charge is 0.414 e. The van der Waals surface area contributed by atoms with Crippen molar-refractivity contribution in [1.29, 1.82) is 0 Å². The topological polar surface area (TPSA) is 98.9 Å². The zero-order chi connectivity index (χ0) is 18.0. The van der Waals surface area contributed by atoms with Gasteiger partial charge in [0.1, 0.15) is 11.6 Å². The van der Waals surface area contributed by atoms with E-state index >= 15 is 0 Å². The van der Waals surface area contributed by atoms with Crippen LogP contribution in [0.3, 0.4) is 0 Å². The molecule has 8 nitrogen and oxygen atoms in total. The molecule has 1 amide bonds. The minimum absolute atomic E-state index is 0.306. The summed E-state index contributed by atoms with van der Waals surface area (Å²) in [4.78, 5) is 18.0. The van der Waals surface area contributed by atoms with Gasteiger partial charge in [-0.2, -0.15) is 4.52 Å². The van der Waals surface area contributed by atoms with Crippen molar-refractivity contribution >= 4 is 33.5 Å². The third kappa shape index (κ3) is 3.76. The van der Waals surface area contributed by atoms with Crippen molar-refractivity contribution in [3.8, 4) is 17.3 Å². The van der Waals surface area contributed by atoms with E-state index in [1.165, 1.54) is 15.5 Å². The van der Waals surface area contributed by atoms with Crippen LogP contribution < -0.4 is 10.5 Å². The van der Waals surface area contributed by atoms with Gasteiger partial charge in [-0.1, -0.05) is 13.3 Å². The Hall–Kier alpha value is -2.55. The molecule has 25 heavy (non-hydrogen) atoms. The molecule has 0 fully saturated rings. The highest BCUT2D eigenvalue weighted by atomic mass is 79.9. The largest absolute Gasteiger partial charge is 0.446 e. The third-order valence-electron chi connectivity index (χ3n) is 3.60. The van der Waals surface area contributed by atoms with Crippen molar-refractivity contribution in [2.75, 3.05) is 19.3 Å². The number of carbonyl (C=O) groups is 1. The van der Waals surface area contributed by atoms with E-state index in [0.717, 1.165) is 12.8 Å². The summed E-state index contributed by atoms with van der Waals surface area (Å²) in [6.45, 7) is 2.70. The Labute approximate surface area is 152 Å². The van der Waals surface area contributed by atoms with Crippen molar-refractivity contribution in [1.82, 2.24) is 19.5 Å². The van der Waals surface area contributed by atoms with Crippen LogP contribution in [0.5, 0.6) is 5.75 Å². The fourth-order valence-electron chi connectivity index (χ4n) is 2.25. The summed E-state index contributed by atoms with van der Waals surface area (Å²) in [5, 5.41) is 4.31. The van der Waals surface area contributed by atoms with Gasteiger partial charge in [0.25, 0.3) is 0 Å². The van der Waals surface area contributed by atoms with Crippen LogP contribution in [-0.2, 0) is 0 Å². The molecule has 0 spiro atoms. The molecule has 0 aliphatic heterocycles. The maximum atomic E-state index is 12.1. The molecule has 0 aliphatic carbocycles. The lowest BCUT2D eigenvalue weighted by Gasteiger charge is -2.16. The van der Waals surface area contributed by atoms with Crippen LogP contribution in [0.1, 0.15) is 19.8 Å². The number of halogens is 1. The number of nitrogens with two attached hydrogens (primary N) is 1. The number of amides is 1. The van der Waals surface area contributed by atoms with Crippen LogP contribution in [0, 0.1) is 0 Å². The minimum atomic E-state index is -0.438. The summed E-state index contributed by atoms with van der Waals surface area (Å²) in [6, 6.07) is 6.65. The molecule has 0 aliphatic rings. The Morgan fingerprint density at radius 2 is 2.24 bits per heavy atom. The van der Waals surface area contributed by atoms with Crippen molar-refractivity contribution in [3.63, 3.8) is 0 Å². The summed E-state index contributed by atoms with van der Waals surface area (Å²) in [5.74, 6) is 1.52. The van der Waals surface area contributed by atoms with Crippen molar-refractivity contribution in [2.45, 2.75) is 19.8 Å². The Bertz CT molecular complexity index is 904. The maximum absolute atomic E-state index is 12.1. The van der Waals surface area contributed by atoms with E-state index in [1.54, 1.807) is 25.2 Å². The quantitative estimate of drug-likeness (QED) is 0.693. The first-order valence-electron chi connectivity index (χ1n) is 7.83. The number of pyridine rings is 1. The molecule has 3 aromatic heterocycles. The first-order valence-corrected chi connectivity index (χ1v) is 8.62. The summed E-state index contributed by atoms with van der Waals surface area (Å²) < 4.78 is 12.9. The van der Waals surface area contributed by atoms with E-state index in [9.17, 15) is 4.79 Å². The zero-order valence-electron chi connectivity index (χ0n) is 13.9. The van der Waals surface area contributed by atoms with Crippen LogP contribution >= 0.6 is 15.9 Å². The summed E-state index contributed by atoms with van der Waals surface area (Å²) in [6.07, 6.45) is 1.48. The molecule has 9 heteroatoms. The predicted molar refractivity (Wildman–Crippen MR) is 96.4 cm³/mol. The monoisotopic (exact) mass is 407 g/mol. The lowest BCUT2D eigenvalue weighted by atomic mass is 10.3. The molecule has 0 saturated carbocycles. The van der Waals surface area contributed by atoms with Gasteiger partial charge in [-0.3, -0.25) is 0 Å². The Kier molecular flexibility index (Phi) is 4.93. The second-order valence-electron chi connectivity index (χ2n) is 5.57. The molecular weight excluding hydrogens is 390 g/mol. The number of aromatic nitrogens is 3. The highest BCUT2D eigenvalue weighted by Crippen LogP contribution is 2.25. The molecule has 0 radical (unpaired) electrons. The third-order valence-corrected chi connectivity index (χ3v) is 4.02. The summed E-state index contributed by atoms with van der Waals surface area (Å²) >= 11 is 3.24. The highest BCUT2D eigenvalue weighted by molar-refractivity contribution is 9.10. The molecule has 3 aromatic rings. The summed E-state index contributed by atoms with van der Waals surface area (Å²) in [5.41, 5.74) is 6.46. The highest BCUT2D eigenvalue weighted by Gasteiger charge is 2.16. The molecule has 0 unspecified atom stereocenters. The molecule has 0 bridgehead atoms. The lowest BCUT2D eigenvalue weighted by molar-refractivity contribution is 0.162. The predicted octanol–water partition coefficient (Wildman–Crippen LogP) is 3.56. The molecule has 3 rings (SSSR count). The van der Waals surface area contributed by atoms with Crippen LogP contribution in [-0.4, -0.2) is 39.2 Å². The first kappa shape index (κ1) is 17.3. The van der Waals surface area contributed by atoms with E-state index in [-0.39, 0.29) is 0 Å². The fraction of sp³-hybridized carbons (Fsp3) is 0.312. The number of nitrogens with zero attached hydrogens (tertiary/aromatic N) is 4. The lowest BCUT2D eigenvalue weighted by Crippen LogP contribution is -2.30. The van der Waals surface area contributed by atoms with E-state index in [2.05, 4.69) is 32.9 Å². The van der Waals surface area contributed by atoms with E-state index in [0.29, 0.717) is 40.0 Å². The van der Waals surface area contributed by atoms with E-state index in [1.807, 2.05) is 0 Å². The number of unbranched alkanes of at least 4 members (excludes halogenated alkanes) is 1. The molecule has 2 N–H and O–H groups in total. The number of anilines is 1. The van der Waals surface area contributed by atoms with Crippen LogP contribution in [0.25, 0.3) is 17.2 Å². The van der Waals surface area contributed by atoms with Gasteiger partial charge in [0, 0.05) is 25.7 Å². The average molecular weight is 408 g/mol. The SMILES string of the molecule is CCCCN(C)C(=O)Oc1cc(N)n2nc(-c3ccc(Br)o3)nc2c1. The number of nitrogen functional groups attached to an aromatic ring is 1. The van der Waals surface area contributed by atoms with Gasteiger partial charge in [0.2, 0.25) is 5.82 Å². The molecule has 3 heterocycles. The molecule has 0 atom stereocenters. The van der Waals surface area contributed by atoms with Gasteiger partial charge in [-0.15, -0.1) is 5.10 Å². The number of ether oxygens (including phenoxy) is 1. The standard InChI is InChI=1S/C16H18BrN5O3/c1-3-4-7-21(2)16(23)24-10-8-13(18)22-14(9-10)19-15(20-22)11-5-6-12(17)25-11/h5-6,8-9H,3-4,7,18H2,1-2H3. The number of furan rings is 1. The second-order valence-corrected chi connectivity index (χ2v) is 6.35. The normalized spacial score (nSPS) is 11.0. The van der Waals surface area contributed by atoms with Gasteiger partial charge >= 0.3 is 6.09 Å². The van der Waals surface area contributed by atoms with E-state index in [4.69, 9.17) is 14.9 Å². The Morgan fingerprint density at radius 1 is 1.44 bits per heavy atom. The number of hydrogen-bond donors (Lipinski definition) is 1. The minimum Gasteiger partial charge on any atom is -0.446 e. The zero-order valence-corrected chi connectivity index (χ0v) is 15.5. The van der Waals surface area contributed by atoms with Gasteiger partial charge in [0.05, 0.1) is 0 Å². The number of fused-ring (bicyclic) bond motifs is 1. The van der Waals surface area contributed by atoms with Gasteiger partial charge < -0.3 is 19.8 Å². The maximum Gasteiger partial charge on any atom is 0.414 e. The van der Waals surface area contributed by atoms with Crippen LogP contribution in [0.2, 0.25) is 0 Å². The van der Waals surface area contributed by atoms with E-state index < -0.39 is 6.09 Å². The summed E-state index contributed by atoms with van der Waals surface area (Å²) in [7, 11) is 1.70. The Morgan fingerprint density at radius 3 is 2.92 bits per heavy atom. The van der Waals surface area contributed by atoms with Crippen molar-refractivity contribution in [2.24, 2.45) is 0 Å². The number of carbonyl (C=O) groups excluding carboxylic acids is 1. The van der Waals surface area contributed by atoms with Gasteiger partial charge in [0.15, 0.2) is 16.1 Å². The number of rotatable bonds is 5. The Balaban J connectivity index is 1.85. The van der Waals surface area contributed by atoms with Crippen LogP contribution in [0.4, 0.5) is 10.6 Å². The molecule has 0 aromatic carbocycles. The van der Waals surface area contributed by atoms with Crippen molar-refractivity contribution < 1.29 is 13.9 Å². The van der Waals surface area contributed by atoms with Gasteiger partial charge in [-0.05, 0) is 34.5 Å². The number of hydrogen-bond acceptors (Lipinski definition) is 6. The molecule has 0 saturated heterocycles. The fourth-order valence-corrected chi connectivity index (χ4v) is 2.55. The first-order chi connectivity index (χ1) is 12.0. The average Bonchev–Trinajstić information content (AvgIpc) is 3.18. The van der Waals surface area contributed by atoms with Gasteiger partial charge in [-0.25, -0.2) is 9.78 Å². The van der Waals surface area contributed by atoms with Crippen LogP contribution in [0.15, 0.2) is 33.4 Å².